The molecule has 5 heteroatoms. The number of Topliss-reactive ketones (excluding diaryl/α,β-unsaturated/α-hetero) is 1. The van der Waals surface area contributed by atoms with Crippen molar-refractivity contribution in [3.8, 4) is 0 Å². The lowest BCUT2D eigenvalue weighted by Crippen LogP contribution is -2.15. The van der Waals surface area contributed by atoms with E-state index in [9.17, 15) is 9.59 Å². The van der Waals surface area contributed by atoms with Crippen LogP contribution in [0.1, 0.15) is 98.7 Å². The van der Waals surface area contributed by atoms with Crippen LogP contribution in [-0.4, -0.2) is 22.6 Å². The molecule has 1 N–H and O–H groups in total. The predicted octanol–water partition coefficient (Wildman–Crippen LogP) is 6.68. The van der Waals surface area contributed by atoms with Gasteiger partial charge in [-0.1, -0.05) is 57.6 Å². The number of aromatic carboxylic acids is 1. The number of carbonyl (C=O) groups is 2. The largest absolute Gasteiger partial charge is 0.475 e. The van der Waals surface area contributed by atoms with Crippen LogP contribution < -0.4 is 0 Å². The van der Waals surface area contributed by atoms with Crippen LogP contribution in [-0.2, 0) is 0 Å². The van der Waals surface area contributed by atoms with Crippen LogP contribution in [0, 0.1) is 5.92 Å². The van der Waals surface area contributed by atoms with Gasteiger partial charge in [-0.3, -0.25) is 9.79 Å². The third-order valence-electron chi connectivity index (χ3n) is 6.54. The first-order valence-electron chi connectivity index (χ1n) is 11.7. The number of nitrogens with zero attached hydrogens (tertiary/aromatic N) is 1. The molecular weight excluding hydrogens is 390 g/mol. The van der Waals surface area contributed by atoms with Crippen LogP contribution in [0.15, 0.2) is 56.1 Å². The average molecular weight is 422 g/mol. The number of fused-ring (bicyclic) bond motifs is 2. The minimum absolute atomic E-state index is 0.0540. The maximum atomic E-state index is 13.2. The van der Waals surface area contributed by atoms with E-state index >= 15 is 0 Å². The van der Waals surface area contributed by atoms with E-state index in [1.165, 1.54) is 68.2 Å². The summed E-state index contributed by atoms with van der Waals surface area (Å²) in [5, 5.41) is 9.11. The molecule has 1 fully saturated rings. The number of aliphatic imine (C=N–C) groups is 1. The first-order valence-corrected chi connectivity index (χ1v) is 11.7. The number of unbranched alkanes of at least 4 members (excludes halogenated alkanes) is 5. The molecule has 5 nitrogen and oxygen atoms in total. The molecular formula is C26H31NO4. The average Bonchev–Trinajstić information content (AvgIpc) is 3.41. The fourth-order valence-electron chi connectivity index (χ4n) is 4.91. The van der Waals surface area contributed by atoms with E-state index < -0.39 is 5.97 Å². The molecule has 2 heterocycles. The van der Waals surface area contributed by atoms with Crippen molar-refractivity contribution in [2.24, 2.45) is 10.9 Å². The Kier molecular flexibility index (Phi) is 6.69. The number of carboxylic acid groups (broad SMARTS) is 1. The normalized spacial score (nSPS) is 20.0. The van der Waals surface area contributed by atoms with Gasteiger partial charge >= 0.3 is 5.97 Å². The monoisotopic (exact) mass is 421 g/mol. The van der Waals surface area contributed by atoms with Gasteiger partial charge in [0.05, 0.1) is 11.3 Å². The molecule has 1 unspecified atom stereocenters. The molecule has 4 rings (SSSR count). The maximum absolute atomic E-state index is 13.2. The van der Waals surface area contributed by atoms with Gasteiger partial charge in [0.25, 0.3) is 0 Å². The summed E-state index contributed by atoms with van der Waals surface area (Å²) in [5.74, 6) is -1.33. The molecule has 2 aliphatic carbocycles. The molecule has 3 aliphatic rings. The predicted molar refractivity (Wildman–Crippen MR) is 121 cm³/mol. The van der Waals surface area contributed by atoms with Crippen LogP contribution in [0.25, 0.3) is 0 Å². The molecule has 0 aromatic carbocycles. The van der Waals surface area contributed by atoms with Crippen molar-refractivity contribution in [1.29, 1.82) is 0 Å². The van der Waals surface area contributed by atoms with Crippen LogP contribution in [0.4, 0.5) is 0 Å². The van der Waals surface area contributed by atoms with Crippen molar-refractivity contribution in [3.05, 3.63) is 58.2 Å². The molecule has 0 radical (unpaired) electrons. The van der Waals surface area contributed by atoms with E-state index in [-0.39, 0.29) is 17.3 Å². The molecule has 1 aromatic heterocycles. The third-order valence-corrected chi connectivity index (χ3v) is 6.54. The van der Waals surface area contributed by atoms with Gasteiger partial charge in [-0.15, -0.1) is 0 Å². The third kappa shape index (κ3) is 4.51. The summed E-state index contributed by atoms with van der Waals surface area (Å²) in [7, 11) is 0. The van der Waals surface area contributed by atoms with Crippen molar-refractivity contribution in [2.45, 2.75) is 77.6 Å². The van der Waals surface area contributed by atoms with E-state index in [0.29, 0.717) is 11.5 Å². The summed E-state index contributed by atoms with van der Waals surface area (Å²) >= 11 is 0. The molecule has 164 valence electrons. The van der Waals surface area contributed by atoms with Crippen LogP contribution in [0.3, 0.4) is 0 Å². The smallest absolute Gasteiger partial charge is 0.371 e. The number of hydrogen-bond donors (Lipinski definition) is 1. The minimum atomic E-state index is -1.18. The fraction of sp³-hybridized carbons (Fsp3) is 0.500. The quantitative estimate of drug-likeness (QED) is 0.338. The van der Waals surface area contributed by atoms with Gasteiger partial charge in [0.2, 0.25) is 11.5 Å². The second kappa shape index (κ2) is 9.63. The van der Waals surface area contributed by atoms with Crippen molar-refractivity contribution in [1.82, 2.24) is 0 Å². The summed E-state index contributed by atoms with van der Waals surface area (Å²) in [6, 6.07) is 2.77. The number of rotatable bonds is 10. The van der Waals surface area contributed by atoms with E-state index in [0.717, 1.165) is 37.1 Å². The second-order valence-corrected chi connectivity index (χ2v) is 8.74. The SMILES string of the molecule is CCCCCCCCC1C=CC(C(=O)c2ccc(C(=O)O)o2)=C2N=C3CCCCC3=C21. The Bertz CT molecular complexity index is 989. The zero-order valence-corrected chi connectivity index (χ0v) is 18.3. The number of furan rings is 1. The van der Waals surface area contributed by atoms with E-state index in [1.54, 1.807) is 0 Å². The lowest BCUT2D eigenvalue weighted by molar-refractivity contribution is 0.0660. The highest BCUT2D eigenvalue weighted by Gasteiger charge is 2.35. The van der Waals surface area contributed by atoms with Gasteiger partial charge < -0.3 is 9.52 Å². The molecule has 1 saturated carbocycles. The van der Waals surface area contributed by atoms with E-state index in [1.807, 2.05) is 6.08 Å². The number of carbonyl (C=O) groups excluding carboxylic acids is 1. The number of ketones is 1. The standard InChI is InChI=1S/C26H31NO4/c1-2-3-4-5-6-7-10-17-13-14-19(25(28)21-15-16-22(31-21)26(29)30)24-23(17)18-11-8-9-12-20(18)27-24/h13-17H,2-12H2,1H3,(H,29,30). The molecule has 1 aromatic rings. The Morgan fingerprint density at radius 1 is 1.06 bits per heavy atom. The van der Waals surface area contributed by atoms with Gasteiger partial charge in [0, 0.05) is 11.6 Å². The first kappa shape index (κ1) is 21.5. The zero-order chi connectivity index (χ0) is 21.8. The number of carboxylic acids is 1. The second-order valence-electron chi connectivity index (χ2n) is 8.74. The van der Waals surface area contributed by atoms with Crippen molar-refractivity contribution >= 4 is 17.5 Å². The zero-order valence-electron chi connectivity index (χ0n) is 18.3. The van der Waals surface area contributed by atoms with Gasteiger partial charge in [-0.25, -0.2) is 4.79 Å². The first-order chi connectivity index (χ1) is 15.1. The van der Waals surface area contributed by atoms with Crippen molar-refractivity contribution in [3.63, 3.8) is 0 Å². The topological polar surface area (TPSA) is 79.9 Å². The van der Waals surface area contributed by atoms with Gasteiger partial charge in [-0.2, -0.15) is 0 Å². The van der Waals surface area contributed by atoms with E-state index in [4.69, 9.17) is 14.5 Å². The van der Waals surface area contributed by atoms with Gasteiger partial charge in [-0.05, 0) is 55.4 Å². The molecule has 31 heavy (non-hydrogen) atoms. The summed E-state index contributed by atoms with van der Waals surface area (Å²) in [6.45, 7) is 2.24. The molecule has 0 spiro atoms. The van der Waals surface area contributed by atoms with Gasteiger partial charge in [0.15, 0.2) is 5.76 Å². The molecule has 0 bridgehead atoms. The summed E-state index contributed by atoms with van der Waals surface area (Å²) < 4.78 is 5.28. The van der Waals surface area contributed by atoms with Gasteiger partial charge in [0.1, 0.15) is 0 Å². The Morgan fingerprint density at radius 3 is 2.58 bits per heavy atom. The summed E-state index contributed by atoms with van der Waals surface area (Å²) in [6.07, 6.45) is 17.0. The fourth-order valence-corrected chi connectivity index (χ4v) is 4.91. The maximum Gasteiger partial charge on any atom is 0.371 e. The van der Waals surface area contributed by atoms with Crippen LogP contribution >= 0.6 is 0 Å². The van der Waals surface area contributed by atoms with Crippen molar-refractivity contribution < 1.29 is 19.1 Å². The minimum Gasteiger partial charge on any atom is -0.475 e. The molecule has 0 saturated heterocycles. The highest BCUT2D eigenvalue weighted by atomic mass is 16.4. The number of hydrogen-bond acceptors (Lipinski definition) is 4. The van der Waals surface area contributed by atoms with Crippen molar-refractivity contribution in [2.75, 3.05) is 0 Å². The lowest BCUT2D eigenvalue weighted by Gasteiger charge is -2.23. The highest BCUT2D eigenvalue weighted by Crippen LogP contribution is 2.44. The summed E-state index contributed by atoms with van der Waals surface area (Å²) in [4.78, 5) is 29.2. The van der Waals surface area contributed by atoms with Crippen LogP contribution in [0.5, 0.6) is 0 Å². The highest BCUT2D eigenvalue weighted by molar-refractivity contribution is 6.13. The Morgan fingerprint density at radius 2 is 1.81 bits per heavy atom. The lowest BCUT2D eigenvalue weighted by atomic mass is 9.79. The Hall–Kier alpha value is -2.69. The molecule has 0 amide bonds. The Labute approximate surface area is 183 Å². The molecule has 1 atom stereocenters. The van der Waals surface area contributed by atoms with E-state index in [2.05, 4.69) is 13.0 Å². The number of allylic oxidation sites excluding steroid dienone is 5. The Balaban J connectivity index is 1.57. The van der Waals surface area contributed by atoms with Crippen LogP contribution in [0.2, 0.25) is 0 Å². The molecule has 1 aliphatic heterocycles. The summed E-state index contributed by atoms with van der Waals surface area (Å²) in [5.41, 5.74) is 5.04.